The number of carbonyl (C=O) groups is 1. The van der Waals surface area contributed by atoms with E-state index in [1.807, 2.05) is 41.7 Å². The van der Waals surface area contributed by atoms with Crippen LogP contribution in [0.15, 0.2) is 24.3 Å². The summed E-state index contributed by atoms with van der Waals surface area (Å²) >= 11 is 3.88. The summed E-state index contributed by atoms with van der Waals surface area (Å²) in [6, 6.07) is 7.34. The van der Waals surface area contributed by atoms with Gasteiger partial charge in [0.1, 0.15) is 0 Å². The van der Waals surface area contributed by atoms with Crippen LogP contribution in [0.4, 0.5) is 0 Å². The molecule has 0 bridgehead atoms. The highest BCUT2D eigenvalue weighted by molar-refractivity contribution is 8.06. The number of thioether (sulfide) groups is 2. The van der Waals surface area contributed by atoms with E-state index in [-0.39, 0.29) is 12.5 Å². The van der Waals surface area contributed by atoms with Gasteiger partial charge < -0.3 is 10.4 Å². The molecule has 1 aliphatic rings. The summed E-state index contributed by atoms with van der Waals surface area (Å²) in [5.41, 5.74) is 1.32. The SMILES string of the molecule is O=C(NCC1CSCCS1)c1ccccc1C#CCCO. The van der Waals surface area contributed by atoms with Gasteiger partial charge in [-0.25, -0.2) is 0 Å². The van der Waals surface area contributed by atoms with Crippen molar-refractivity contribution >= 4 is 29.4 Å². The molecule has 3 nitrogen and oxygen atoms in total. The van der Waals surface area contributed by atoms with Gasteiger partial charge in [-0.05, 0) is 12.1 Å². The van der Waals surface area contributed by atoms with Gasteiger partial charge in [0.15, 0.2) is 0 Å². The van der Waals surface area contributed by atoms with Crippen molar-refractivity contribution in [1.82, 2.24) is 5.32 Å². The zero-order valence-electron chi connectivity index (χ0n) is 11.8. The summed E-state index contributed by atoms with van der Waals surface area (Å²) in [6.45, 7) is 0.743. The third-order valence-corrected chi connectivity index (χ3v) is 5.85. The summed E-state index contributed by atoms with van der Waals surface area (Å²) in [5.74, 6) is 9.22. The molecule has 0 aromatic heterocycles. The monoisotopic (exact) mass is 321 g/mol. The molecule has 1 atom stereocenters. The van der Waals surface area contributed by atoms with Crippen LogP contribution in [0.1, 0.15) is 22.3 Å². The molecule has 1 fully saturated rings. The lowest BCUT2D eigenvalue weighted by molar-refractivity contribution is 0.0954. The van der Waals surface area contributed by atoms with E-state index < -0.39 is 0 Å². The van der Waals surface area contributed by atoms with Gasteiger partial charge in [-0.3, -0.25) is 4.79 Å². The number of rotatable bonds is 4. The molecular weight excluding hydrogens is 302 g/mol. The highest BCUT2D eigenvalue weighted by Crippen LogP contribution is 2.23. The lowest BCUT2D eigenvalue weighted by Crippen LogP contribution is -2.33. The van der Waals surface area contributed by atoms with Crippen molar-refractivity contribution in [3.63, 3.8) is 0 Å². The van der Waals surface area contributed by atoms with E-state index in [2.05, 4.69) is 17.2 Å². The van der Waals surface area contributed by atoms with Gasteiger partial charge >= 0.3 is 0 Å². The van der Waals surface area contributed by atoms with Crippen molar-refractivity contribution in [3.05, 3.63) is 35.4 Å². The van der Waals surface area contributed by atoms with Crippen LogP contribution in [0.3, 0.4) is 0 Å². The molecule has 0 radical (unpaired) electrons. The first-order valence-electron chi connectivity index (χ1n) is 6.97. The Hall–Kier alpha value is -1.09. The molecular formula is C16H19NO2S2. The summed E-state index contributed by atoms with van der Waals surface area (Å²) < 4.78 is 0. The summed E-state index contributed by atoms with van der Waals surface area (Å²) in [4.78, 5) is 12.3. The normalized spacial score (nSPS) is 17.7. The highest BCUT2D eigenvalue weighted by atomic mass is 32.2. The molecule has 0 spiro atoms. The first kappa shape index (κ1) is 16.3. The van der Waals surface area contributed by atoms with E-state index >= 15 is 0 Å². The maximum Gasteiger partial charge on any atom is 0.252 e. The maximum atomic E-state index is 12.3. The standard InChI is InChI=1S/C16H19NO2S2/c18-8-4-3-6-13-5-1-2-7-15(13)16(19)17-11-14-12-20-9-10-21-14/h1-2,5,7,14,18H,4,8-12H2,(H,17,19). The van der Waals surface area contributed by atoms with E-state index in [1.54, 1.807) is 6.07 Å². The number of nitrogens with one attached hydrogen (secondary N) is 1. The van der Waals surface area contributed by atoms with Crippen molar-refractivity contribution in [2.24, 2.45) is 0 Å². The average Bonchev–Trinajstić information content (AvgIpc) is 2.54. The molecule has 1 aromatic carbocycles. The average molecular weight is 321 g/mol. The van der Waals surface area contributed by atoms with E-state index in [0.717, 1.165) is 11.5 Å². The Bertz CT molecular complexity index is 531. The van der Waals surface area contributed by atoms with Gasteiger partial charge in [0.25, 0.3) is 5.91 Å². The van der Waals surface area contributed by atoms with Crippen LogP contribution in [0.2, 0.25) is 0 Å². The topological polar surface area (TPSA) is 49.3 Å². The third-order valence-electron chi connectivity index (χ3n) is 3.01. The van der Waals surface area contributed by atoms with Crippen LogP contribution >= 0.6 is 23.5 Å². The predicted molar refractivity (Wildman–Crippen MR) is 90.9 cm³/mol. The van der Waals surface area contributed by atoms with Gasteiger partial charge in [0.05, 0.1) is 12.2 Å². The van der Waals surface area contributed by atoms with Crippen LogP contribution in [0.25, 0.3) is 0 Å². The summed E-state index contributed by atoms with van der Waals surface area (Å²) in [7, 11) is 0. The van der Waals surface area contributed by atoms with Crippen molar-refractivity contribution in [1.29, 1.82) is 0 Å². The minimum Gasteiger partial charge on any atom is -0.395 e. The van der Waals surface area contributed by atoms with E-state index in [9.17, 15) is 4.79 Å². The molecule has 1 saturated heterocycles. The van der Waals surface area contributed by atoms with Gasteiger partial charge in [-0.15, -0.1) is 0 Å². The minimum absolute atomic E-state index is 0.0396. The summed E-state index contributed by atoms with van der Waals surface area (Å²) in [5, 5.41) is 12.3. The van der Waals surface area contributed by atoms with Gasteiger partial charge in [0, 0.05) is 41.0 Å². The Balaban J connectivity index is 1.96. The Morgan fingerprint density at radius 1 is 1.38 bits per heavy atom. The lowest BCUT2D eigenvalue weighted by Gasteiger charge is -2.21. The lowest BCUT2D eigenvalue weighted by atomic mass is 10.1. The Morgan fingerprint density at radius 2 is 2.24 bits per heavy atom. The third kappa shape index (κ3) is 5.31. The fourth-order valence-corrected chi connectivity index (χ4v) is 4.57. The van der Waals surface area contributed by atoms with Crippen molar-refractivity contribution in [3.8, 4) is 11.8 Å². The second-order valence-electron chi connectivity index (χ2n) is 4.60. The Kier molecular flexibility index (Phi) is 7.01. The summed E-state index contributed by atoms with van der Waals surface area (Å²) in [6.07, 6.45) is 0.423. The second kappa shape index (κ2) is 9.04. The molecule has 0 saturated carbocycles. The molecule has 21 heavy (non-hydrogen) atoms. The van der Waals surface area contributed by atoms with Crippen molar-refractivity contribution in [2.75, 3.05) is 30.4 Å². The molecule has 2 rings (SSSR count). The number of aliphatic hydroxyl groups excluding tert-OH is 1. The van der Waals surface area contributed by atoms with E-state index in [0.29, 0.717) is 29.3 Å². The Morgan fingerprint density at radius 3 is 3.00 bits per heavy atom. The number of benzene rings is 1. The van der Waals surface area contributed by atoms with Crippen LogP contribution in [0, 0.1) is 11.8 Å². The van der Waals surface area contributed by atoms with Crippen molar-refractivity contribution < 1.29 is 9.90 Å². The zero-order chi connectivity index (χ0) is 14.9. The fourth-order valence-electron chi connectivity index (χ4n) is 1.96. The molecule has 112 valence electrons. The van der Waals surface area contributed by atoms with Crippen LogP contribution in [-0.2, 0) is 0 Å². The molecule has 1 heterocycles. The van der Waals surface area contributed by atoms with E-state index in [4.69, 9.17) is 5.11 Å². The quantitative estimate of drug-likeness (QED) is 0.833. The number of amides is 1. The molecule has 2 N–H and O–H groups in total. The van der Waals surface area contributed by atoms with Gasteiger partial charge in [0.2, 0.25) is 0 Å². The smallest absolute Gasteiger partial charge is 0.252 e. The number of aliphatic hydroxyl groups is 1. The second-order valence-corrected chi connectivity index (χ2v) is 7.16. The van der Waals surface area contributed by atoms with Gasteiger partial charge in [-0.1, -0.05) is 24.0 Å². The predicted octanol–water partition coefficient (Wildman–Crippen LogP) is 2.00. The molecule has 1 aromatic rings. The largest absolute Gasteiger partial charge is 0.395 e. The highest BCUT2D eigenvalue weighted by Gasteiger charge is 2.16. The number of carbonyl (C=O) groups excluding carboxylic acids is 1. The Labute approximate surface area is 134 Å². The first-order valence-corrected chi connectivity index (χ1v) is 9.18. The first-order chi connectivity index (χ1) is 10.3. The van der Waals surface area contributed by atoms with Crippen LogP contribution in [-0.4, -0.2) is 46.7 Å². The van der Waals surface area contributed by atoms with Crippen molar-refractivity contribution in [2.45, 2.75) is 11.7 Å². The molecule has 1 aliphatic heterocycles. The van der Waals surface area contributed by atoms with Crippen LogP contribution < -0.4 is 5.32 Å². The zero-order valence-corrected chi connectivity index (χ0v) is 13.4. The molecule has 0 aliphatic carbocycles. The maximum absolute atomic E-state index is 12.3. The number of hydrogen-bond acceptors (Lipinski definition) is 4. The molecule has 1 unspecified atom stereocenters. The van der Waals surface area contributed by atoms with Crippen LogP contribution in [0.5, 0.6) is 0 Å². The van der Waals surface area contributed by atoms with Gasteiger partial charge in [-0.2, -0.15) is 23.5 Å². The molecule has 5 heteroatoms. The molecule has 1 amide bonds. The van der Waals surface area contributed by atoms with E-state index in [1.165, 1.54) is 5.75 Å². The minimum atomic E-state index is -0.0694. The fraction of sp³-hybridized carbons (Fsp3) is 0.438. The number of hydrogen-bond donors (Lipinski definition) is 2.